The SMILES string of the molecule is O=C(O)c1nc(C2CCCCC2C(F)(F)F)oc1C(=O)O. The lowest BCUT2D eigenvalue weighted by Crippen LogP contribution is -2.31. The topological polar surface area (TPSA) is 101 Å². The van der Waals surface area contributed by atoms with E-state index in [2.05, 4.69) is 4.98 Å². The Bertz CT molecular complexity index is 534. The fourth-order valence-corrected chi connectivity index (χ4v) is 2.60. The smallest absolute Gasteiger partial charge is 0.392 e. The molecule has 1 aromatic heterocycles. The molecule has 0 aliphatic heterocycles. The summed E-state index contributed by atoms with van der Waals surface area (Å²) >= 11 is 0. The number of aromatic carboxylic acids is 2. The van der Waals surface area contributed by atoms with Crippen molar-refractivity contribution < 1.29 is 37.4 Å². The van der Waals surface area contributed by atoms with Gasteiger partial charge in [-0.3, -0.25) is 0 Å². The van der Waals surface area contributed by atoms with Crippen molar-refractivity contribution in [2.75, 3.05) is 0 Å². The van der Waals surface area contributed by atoms with Crippen LogP contribution in [-0.4, -0.2) is 33.3 Å². The second-order valence-corrected chi connectivity index (χ2v) is 4.88. The molecule has 0 spiro atoms. The number of halogens is 3. The zero-order valence-corrected chi connectivity index (χ0v) is 10.7. The molecule has 2 N–H and O–H groups in total. The number of oxazole rings is 1. The third kappa shape index (κ3) is 3.01. The highest BCUT2D eigenvalue weighted by Gasteiger charge is 2.48. The minimum absolute atomic E-state index is 0.110. The molecule has 0 radical (unpaired) electrons. The van der Waals surface area contributed by atoms with E-state index in [1.165, 1.54) is 0 Å². The van der Waals surface area contributed by atoms with Gasteiger partial charge in [0.1, 0.15) is 0 Å². The van der Waals surface area contributed by atoms with E-state index in [-0.39, 0.29) is 12.8 Å². The monoisotopic (exact) mass is 307 g/mol. The molecule has 0 amide bonds. The molecule has 0 bridgehead atoms. The number of carbonyl (C=O) groups is 2. The van der Waals surface area contributed by atoms with Crippen LogP contribution >= 0.6 is 0 Å². The summed E-state index contributed by atoms with van der Waals surface area (Å²) in [6, 6.07) is 0. The van der Waals surface area contributed by atoms with Gasteiger partial charge in [-0.25, -0.2) is 14.6 Å². The van der Waals surface area contributed by atoms with Crippen LogP contribution in [-0.2, 0) is 0 Å². The Hall–Kier alpha value is -2.06. The van der Waals surface area contributed by atoms with E-state index in [0.29, 0.717) is 12.8 Å². The van der Waals surface area contributed by atoms with Gasteiger partial charge in [0.2, 0.25) is 11.5 Å². The summed E-state index contributed by atoms with van der Waals surface area (Å²) in [4.78, 5) is 25.2. The van der Waals surface area contributed by atoms with E-state index in [4.69, 9.17) is 14.6 Å². The molecule has 2 atom stereocenters. The normalized spacial score (nSPS) is 23.0. The molecule has 1 aliphatic carbocycles. The standard InChI is InChI=1S/C12H12F3NO5/c13-12(14,15)6-4-2-1-3-5(6)9-16-7(10(17)18)8(21-9)11(19)20/h5-6H,1-4H2,(H,17,18)(H,19,20). The summed E-state index contributed by atoms with van der Waals surface area (Å²) in [7, 11) is 0. The van der Waals surface area contributed by atoms with Gasteiger partial charge in [-0.05, 0) is 12.8 Å². The molecule has 0 saturated heterocycles. The number of nitrogens with zero attached hydrogens (tertiary/aromatic N) is 1. The van der Waals surface area contributed by atoms with Crippen LogP contribution in [0.4, 0.5) is 13.2 Å². The predicted octanol–water partition coefficient (Wildman–Crippen LogP) is 2.91. The van der Waals surface area contributed by atoms with Crippen molar-refractivity contribution in [2.24, 2.45) is 5.92 Å². The van der Waals surface area contributed by atoms with Gasteiger partial charge in [-0.15, -0.1) is 0 Å². The van der Waals surface area contributed by atoms with Crippen molar-refractivity contribution in [3.63, 3.8) is 0 Å². The molecule has 0 aromatic carbocycles. The Labute approximate surface area is 116 Å². The van der Waals surface area contributed by atoms with Crippen molar-refractivity contribution in [3.05, 3.63) is 17.3 Å². The lowest BCUT2D eigenvalue weighted by Gasteiger charge is -2.30. The Morgan fingerprint density at radius 3 is 2.24 bits per heavy atom. The highest BCUT2D eigenvalue weighted by atomic mass is 19.4. The molecule has 21 heavy (non-hydrogen) atoms. The third-order valence-electron chi connectivity index (χ3n) is 3.54. The summed E-state index contributed by atoms with van der Waals surface area (Å²) in [5.41, 5.74) is -0.871. The molecular weight excluding hydrogens is 295 g/mol. The summed E-state index contributed by atoms with van der Waals surface area (Å²) in [5.74, 6) is -7.58. The first-order valence-corrected chi connectivity index (χ1v) is 6.26. The van der Waals surface area contributed by atoms with Crippen molar-refractivity contribution in [1.82, 2.24) is 4.98 Å². The molecule has 1 aromatic rings. The lowest BCUT2D eigenvalue weighted by atomic mass is 9.78. The molecule has 1 heterocycles. The van der Waals surface area contributed by atoms with E-state index in [0.717, 1.165) is 0 Å². The summed E-state index contributed by atoms with van der Waals surface area (Å²) in [6.07, 6.45) is -3.53. The second kappa shape index (κ2) is 5.38. The first-order valence-electron chi connectivity index (χ1n) is 6.26. The second-order valence-electron chi connectivity index (χ2n) is 4.88. The number of rotatable bonds is 3. The van der Waals surface area contributed by atoms with Gasteiger partial charge in [0.05, 0.1) is 5.92 Å². The summed E-state index contributed by atoms with van der Waals surface area (Å²) in [5, 5.41) is 17.7. The average molecular weight is 307 g/mol. The quantitative estimate of drug-likeness (QED) is 0.890. The zero-order chi connectivity index (χ0) is 15.8. The van der Waals surface area contributed by atoms with Crippen molar-refractivity contribution >= 4 is 11.9 Å². The van der Waals surface area contributed by atoms with Crippen LogP contribution in [0.2, 0.25) is 0 Å². The molecular formula is C12H12F3NO5. The van der Waals surface area contributed by atoms with E-state index in [1.54, 1.807) is 0 Å². The minimum atomic E-state index is -4.47. The van der Waals surface area contributed by atoms with E-state index < -0.39 is 47.3 Å². The molecule has 1 saturated carbocycles. The highest BCUT2D eigenvalue weighted by molar-refractivity contribution is 5.98. The van der Waals surface area contributed by atoms with E-state index in [1.807, 2.05) is 0 Å². The van der Waals surface area contributed by atoms with Gasteiger partial charge in [0.25, 0.3) is 0 Å². The van der Waals surface area contributed by atoms with Crippen LogP contribution in [0, 0.1) is 5.92 Å². The number of alkyl halides is 3. The fraction of sp³-hybridized carbons (Fsp3) is 0.583. The van der Waals surface area contributed by atoms with Crippen LogP contribution in [0.15, 0.2) is 4.42 Å². The number of aromatic nitrogens is 1. The van der Waals surface area contributed by atoms with Crippen molar-refractivity contribution in [1.29, 1.82) is 0 Å². The number of hydrogen-bond donors (Lipinski definition) is 2. The molecule has 6 nitrogen and oxygen atoms in total. The van der Waals surface area contributed by atoms with Gasteiger partial charge in [-0.1, -0.05) is 12.8 Å². The van der Waals surface area contributed by atoms with E-state index in [9.17, 15) is 22.8 Å². The maximum absolute atomic E-state index is 13.0. The largest absolute Gasteiger partial charge is 0.476 e. The van der Waals surface area contributed by atoms with Crippen LogP contribution < -0.4 is 0 Å². The molecule has 2 rings (SSSR count). The molecule has 9 heteroatoms. The number of carboxylic acid groups (broad SMARTS) is 2. The Morgan fingerprint density at radius 2 is 1.76 bits per heavy atom. The highest BCUT2D eigenvalue weighted by Crippen LogP contribution is 2.46. The molecule has 1 fully saturated rings. The first-order chi connectivity index (χ1) is 9.71. The van der Waals surface area contributed by atoms with Crippen LogP contribution in [0.5, 0.6) is 0 Å². The van der Waals surface area contributed by atoms with Crippen molar-refractivity contribution in [2.45, 2.75) is 37.8 Å². The molecule has 116 valence electrons. The maximum atomic E-state index is 13.0. The first kappa shape index (κ1) is 15.3. The number of hydrogen-bond acceptors (Lipinski definition) is 4. The van der Waals surface area contributed by atoms with Gasteiger partial charge >= 0.3 is 18.1 Å². The molecule has 2 unspecified atom stereocenters. The predicted molar refractivity (Wildman–Crippen MR) is 61.2 cm³/mol. The van der Waals surface area contributed by atoms with Crippen molar-refractivity contribution in [3.8, 4) is 0 Å². The van der Waals surface area contributed by atoms with Crippen LogP contribution in [0.25, 0.3) is 0 Å². The van der Waals surface area contributed by atoms with E-state index >= 15 is 0 Å². The average Bonchev–Trinajstić information content (AvgIpc) is 2.83. The lowest BCUT2D eigenvalue weighted by molar-refractivity contribution is -0.188. The maximum Gasteiger partial charge on any atom is 0.392 e. The summed E-state index contributed by atoms with van der Waals surface area (Å²) < 4.78 is 43.8. The summed E-state index contributed by atoms with van der Waals surface area (Å²) in [6.45, 7) is 0. The van der Waals surface area contributed by atoms with Gasteiger partial charge in [0, 0.05) is 5.92 Å². The minimum Gasteiger partial charge on any atom is -0.476 e. The molecule has 1 aliphatic rings. The Morgan fingerprint density at radius 1 is 1.14 bits per heavy atom. The van der Waals surface area contributed by atoms with Gasteiger partial charge in [0.15, 0.2) is 5.89 Å². The van der Waals surface area contributed by atoms with Crippen LogP contribution in [0.1, 0.15) is 58.5 Å². The van der Waals surface area contributed by atoms with Gasteiger partial charge in [-0.2, -0.15) is 13.2 Å². The van der Waals surface area contributed by atoms with Gasteiger partial charge < -0.3 is 14.6 Å². The third-order valence-corrected chi connectivity index (χ3v) is 3.54. The van der Waals surface area contributed by atoms with Crippen LogP contribution in [0.3, 0.4) is 0 Å². The zero-order valence-electron chi connectivity index (χ0n) is 10.7. The fourth-order valence-electron chi connectivity index (χ4n) is 2.60. The Balaban J connectivity index is 2.42. The Kier molecular flexibility index (Phi) is 3.93. The number of carboxylic acids is 2.